The summed E-state index contributed by atoms with van der Waals surface area (Å²) in [7, 11) is 0. The molecule has 2 aliphatic rings. The first-order valence-electron chi connectivity index (χ1n) is 10.0. The molecule has 0 radical (unpaired) electrons. The number of carbonyl (C=O) groups is 1. The molecule has 1 saturated carbocycles. The highest BCUT2D eigenvalue weighted by Gasteiger charge is 2.32. The lowest BCUT2D eigenvalue weighted by Gasteiger charge is -2.32. The first-order chi connectivity index (χ1) is 12.9. The number of nitrogens with zero attached hydrogens (tertiary/aromatic N) is 1. The van der Waals surface area contributed by atoms with Crippen molar-refractivity contribution in [3.63, 3.8) is 0 Å². The molecule has 0 unspecified atom stereocenters. The molecule has 1 aromatic carbocycles. The van der Waals surface area contributed by atoms with Crippen LogP contribution in [0.25, 0.3) is 0 Å². The summed E-state index contributed by atoms with van der Waals surface area (Å²) in [6.45, 7) is 3.33. The Labute approximate surface area is 160 Å². The highest BCUT2D eigenvalue weighted by molar-refractivity contribution is 5.79. The van der Waals surface area contributed by atoms with E-state index in [9.17, 15) is 18.0 Å². The van der Waals surface area contributed by atoms with Gasteiger partial charge in [0, 0.05) is 19.0 Å². The Morgan fingerprint density at radius 1 is 1.19 bits per heavy atom. The van der Waals surface area contributed by atoms with Crippen LogP contribution in [0.3, 0.4) is 0 Å². The Balaban J connectivity index is 0.000000576. The Hall–Kier alpha value is -1.56. The van der Waals surface area contributed by atoms with Crippen molar-refractivity contribution in [3.05, 3.63) is 34.9 Å². The number of fused-ring (bicyclic) bond motifs is 1. The van der Waals surface area contributed by atoms with Crippen LogP contribution in [0.2, 0.25) is 0 Å². The maximum atomic E-state index is 12.8. The number of halogens is 3. The zero-order chi connectivity index (χ0) is 19.9. The first kappa shape index (κ1) is 21.7. The summed E-state index contributed by atoms with van der Waals surface area (Å²) in [5, 5.41) is 0. The second-order valence-electron chi connectivity index (χ2n) is 7.44. The SMILES string of the molecule is C1CCC1.CC[C@H](CCCN)C(=O)N1CCc2ccc(C(F)(F)F)cc2C1. The quantitative estimate of drug-likeness (QED) is 0.784. The third-order valence-electron chi connectivity index (χ3n) is 5.46. The molecule has 1 aliphatic heterocycles. The molecular weight excluding hydrogens is 353 g/mol. The average molecular weight is 384 g/mol. The van der Waals surface area contributed by atoms with Crippen LogP contribution < -0.4 is 5.73 Å². The van der Waals surface area contributed by atoms with Crippen molar-refractivity contribution in [2.75, 3.05) is 13.1 Å². The summed E-state index contributed by atoms with van der Waals surface area (Å²) >= 11 is 0. The summed E-state index contributed by atoms with van der Waals surface area (Å²) in [6.07, 6.45) is 4.50. The van der Waals surface area contributed by atoms with E-state index < -0.39 is 11.7 Å². The van der Waals surface area contributed by atoms with Gasteiger partial charge in [-0.15, -0.1) is 0 Å². The molecular formula is C21H31F3N2O. The molecule has 1 fully saturated rings. The van der Waals surface area contributed by atoms with Crippen LogP contribution in [0.4, 0.5) is 13.2 Å². The smallest absolute Gasteiger partial charge is 0.338 e. The fraction of sp³-hybridized carbons (Fsp3) is 0.667. The molecule has 1 aliphatic carbocycles. The van der Waals surface area contributed by atoms with E-state index in [1.165, 1.54) is 37.8 Å². The van der Waals surface area contributed by atoms with Gasteiger partial charge in [-0.05, 0) is 55.5 Å². The molecule has 2 N–H and O–H groups in total. The molecule has 3 rings (SSSR count). The van der Waals surface area contributed by atoms with Crippen molar-refractivity contribution < 1.29 is 18.0 Å². The molecule has 1 amide bonds. The molecule has 1 heterocycles. The second kappa shape index (κ2) is 10.1. The van der Waals surface area contributed by atoms with Gasteiger partial charge in [-0.3, -0.25) is 4.79 Å². The van der Waals surface area contributed by atoms with Gasteiger partial charge in [0.15, 0.2) is 0 Å². The van der Waals surface area contributed by atoms with E-state index in [0.717, 1.165) is 30.9 Å². The zero-order valence-corrected chi connectivity index (χ0v) is 16.2. The van der Waals surface area contributed by atoms with Gasteiger partial charge in [0.2, 0.25) is 5.91 Å². The van der Waals surface area contributed by atoms with Gasteiger partial charge in [0.05, 0.1) is 5.56 Å². The van der Waals surface area contributed by atoms with Crippen molar-refractivity contribution in [3.8, 4) is 0 Å². The van der Waals surface area contributed by atoms with Gasteiger partial charge in [0.1, 0.15) is 0 Å². The number of rotatable bonds is 5. The van der Waals surface area contributed by atoms with Gasteiger partial charge in [-0.25, -0.2) is 0 Å². The van der Waals surface area contributed by atoms with Gasteiger partial charge < -0.3 is 10.6 Å². The van der Waals surface area contributed by atoms with Crippen LogP contribution in [-0.4, -0.2) is 23.9 Å². The third kappa shape index (κ3) is 6.23. The van der Waals surface area contributed by atoms with Crippen LogP contribution in [0.15, 0.2) is 18.2 Å². The van der Waals surface area contributed by atoms with Crippen molar-refractivity contribution >= 4 is 5.91 Å². The van der Waals surface area contributed by atoms with E-state index in [1.807, 2.05) is 6.92 Å². The Morgan fingerprint density at radius 3 is 2.37 bits per heavy atom. The number of benzene rings is 1. The normalized spacial score (nSPS) is 17.3. The number of carbonyl (C=O) groups excluding carboxylic acids is 1. The third-order valence-corrected chi connectivity index (χ3v) is 5.46. The summed E-state index contributed by atoms with van der Waals surface area (Å²) in [5.74, 6) is -0.0603. The molecule has 152 valence electrons. The van der Waals surface area contributed by atoms with Gasteiger partial charge >= 0.3 is 6.18 Å². The minimum Gasteiger partial charge on any atom is -0.338 e. The highest BCUT2D eigenvalue weighted by Crippen LogP contribution is 2.32. The van der Waals surface area contributed by atoms with Crippen molar-refractivity contribution in [2.45, 2.75) is 71.0 Å². The van der Waals surface area contributed by atoms with Crippen LogP contribution in [-0.2, 0) is 23.9 Å². The lowest BCUT2D eigenvalue weighted by atomic mass is 9.94. The molecule has 0 saturated heterocycles. The van der Waals surface area contributed by atoms with E-state index in [1.54, 1.807) is 4.90 Å². The fourth-order valence-corrected chi connectivity index (χ4v) is 3.30. The van der Waals surface area contributed by atoms with E-state index in [2.05, 4.69) is 0 Å². The van der Waals surface area contributed by atoms with Gasteiger partial charge in [0.25, 0.3) is 0 Å². The van der Waals surface area contributed by atoms with Crippen molar-refractivity contribution in [1.82, 2.24) is 4.90 Å². The Bertz CT molecular complexity index is 608. The van der Waals surface area contributed by atoms with Gasteiger partial charge in [-0.2, -0.15) is 13.2 Å². The molecule has 27 heavy (non-hydrogen) atoms. The van der Waals surface area contributed by atoms with Crippen molar-refractivity contribution in [1.29, 1.82) is 0 Å². The lowest BCUT2D eigenvalue weighted by molar-refractivity contribution is -0.137. The summed E-state index contributed by atoms with van der Waals surface area (Å²) in [4.78, 5) is 14.3. The predicted octanol–water partition coefficient (Wildman–Crippen LogP) is 4.92. The molecule has 0 bridgehead atoms. The maximum Gasteiger partial charge on any atom is 0.416 e. The molecule has 6 heteroatoms. The van der Waals surface area contributed by atoms with E-state index >= 15 is 0 Å². The van der Waals surface area contributed by atoms with Crippen LogP contribution in [0, 0.1) is 5.92 Å². The lowest BCUT2D eigenvalue weighted by Crippen LogP contribution is -2.40. The standard InChI is InChI=1S/C17H23F3N2O.C4H8/c1-2-12(4-3-8-21)16(23)22-9-7-13-5-6-15(17(18,19)20)10-14(13)11-22;1-2-4-3-1/h5-6,10,12H,2-4,7-9,11,21H2,1H3;1-4H2/t12-;/m1./s1. The minimum atomic E-state index is -4.35. The number of nitrogens with two attached hydrogens (primary N) is 1. The maximum absolute atomic E-state index is 12.8. The minimum absolute atomic E-state index is 0.0315. The number of hydrogen-bond donors (Lipinski definition) is 1. The zero-order valence-electron chi connectivity index (χ0n) is 16.2. The van der Waals surface area contributed by atoms with E-state index in [0.29, 0.717) is 25.1 Å². The molecule has 0 spiro atoms. The number of amides is 1. The summed E-state index contributed by atoms with van der Waals surface area (Å²) < 4.78 is 38.5. The Kier molecular flexibility index (Phi) is 8.14. The Morgan fingerprint density at radius 2 is 1.85 bits per heavy atom. The van der Waals surface area contributed by atoms with Crippen LogP contribution in [0.5, 0.6) is 0 Å². The van der Waals surface area contributed by atoms with Gasteiger partial charge in [-0.1, -0.05) is 38.7 Å². The molecule has 1 aromatic rings. The topological polar surface area (TPSA) is 46.3 Å². The van der Waals surface area contributed by atoms with E-state index in [4.69, 9.17) is 5.73 Å². The summed E-state index contributed by atoms with van der Waals surface area (Å²) in [5.41, 5.74) is 6.35. The van der Waals surface area contributed by atoms with E-state index in [-0.39, 0.29) is 18.4 Å². The highest BCUT2D eigenvalue weighted by atomic mass is 19.4. The van der Waals surface area contributed by atoms with Crippen LogP contribution >= 0.6 is 0 Å². The molecule has 0 aromatic heterocycles. The monoisotopic (exact) mass is 384 g/mol. The van der Waals surface area contributed by atoms with Crippen molar-refractivity contribution in [2.24, 2.45) is 11.7 Å². The van der Waals surface area contributed by atoms with Crippen LogP contribution in [0.1, 0.15) is 68.6 Å². The second-order valence-corrected chi connectivity index (χ2v) is 7.44. The summed E-state index contributed by atoms with van der Waals surface area (Å²) in [6, 6.07) is 3.83. The largest absolute Gasteiger partial charge is 0.416 e. The molecule has 1 atom stereocenters. The average Bonchev–Trinajstić information content (AvgIpc) is 2.59. The first-order valence-corrected chi connectivity index (χ1v) is 10.0. The fourth-order valence-electron chi connectivity index (χ4n) is 3.30. The predicted molar refractivity (Wildman–Crippen MR) is 101 cm³/mol. The number of alkyl halides is 3. The molecule has 3 nitrogen and oxygen atoms in total. The number of hydrogen-bond acceptors (Lipinski definition) is 2.